The van der Waals surface area contributed by atoms with Gasteiger partial charge in [-0.05, 0) is 37.3 Å². The molecular formula is C24H19N7O3. The van der Waals surface area contributed by atoms with Crippen LogP contribution in [0.25, 0.3) is 22.6 Å². The van der Waals surface area contributed by atoms with Crippen molar-refractivity contribution in [1.82, 2.24) is 24.4 Å². The minimum Gasteiger partial charge on any atom is -0.465 e. The van der Waals surface area contributed by atoms with Crippen molar-refractivity contribution in [2.24, 2.45) is 0 Å². The minimum atomic E-state index is -1.14. The van der Waals surface area contributed by atoms with Crippen molar-refractivity contribution in [3.63, 3.8) is 0 Å². The summed E-state index contributed by atoms with van der Waals surface area (Å²) in [5.74, 6) is 0.0985. The summed E-state index contributed by atoms with van der Waals surface area (Å²) in [6.07, 6.45) is 3.66. The van der Waals surface area contributed by atoms with Crippen molar-refractivity contribution in [3.8, 4) is 16.9 Å². The minimum absolute atomic E-state index is 0.336. The van der Waals surface area contributed by atoms with E-state index in [2.05, 4.69) is 20.7 Å². The van der Waals surface area contributed by atoms with E-state index in [0.717, 1.165) is 16.8 Å². The van der Waals surface area contributed by atoms with Crippen LogP contribution in [0.4, 0.5) is 16.3 Å². The van der Waals surface area contributed by atoms with E-state index in [4.69, 9.17) is 10.2 Å². The Balaban J connectivity index is 1.52. The molecule has 0 atom stereocenters. The monoisotopic (exact) mass is 453 g/mol. The van der Waals surface area contributed by atoms with E-state index in [9.17, 15) is 9.59 Å². The van der Waals surface area contributed by atoms with Gasteiger partial charge in [0.1, 0.15) is 11.4 Å². The summed E-state index contributed by atoms with van der Waals surface area (Å²) in [6.45, 7) is 1.99. The molecule has 10 heteroatoms. The van der Waals surface area contributed by atoms with Gasteiger partial charge in [0.05, 0.1) is 17.6 Å². The zero-order valence-corrected chi connectivity index (χ0v) is 18.0. The van der Waals surface area contributed by atoms with Crippen molar-refractivity contribution >= 4 is 29.2 Å². The standard InChI is InChI=1S/C24H19N7O3/c1-15-3-9-18(10-4-15)31-21(28-23(32)19-14-26-30-12-2-11-25-22(19)30)13-20(29-31)16-5-7-17(8-6-16)27-24(33)34/h2-14,27H,1H3,(H,28,32)(H,33,34). The van der Waals surface area contributed by atoms with Gasteiger partial charge in [0.25, 0.3) is 5.91 Å². The predicted octanol–water partition coefficient (Wildman–Crippen LogP) is 4.23. The molecule has 0 unspecified atom stereocenters. The van der Waals surface area contributed by atoms with Gasteiger partial charge in [-0.15, -0.1) is 0 Å². The lowest BCUT2D eigenvalue weighted by Crippen LogP contribution is -2.15. The van der Waals surface area contributed by atoms with E-state index in [-0.39, 0.29) is 5.91 Å². The molecule has 0 saturated carbocycles. The first kappa shape index (κ1) is 20.9. The van der Waals surface area contributed by atoms with Crippen LogP contribution in [0.3, 0.4) is 0 Å². The maximum atomic E-state index is 13.1. The summed E-state index contributed by atoms with van der Waals surface area (Å²) in [7, 11) is 0. The summed E-state index contributed by atoms with van der Waals surface area (Å²) in [4.78, 5) is 28.2. The molecule has 3 N–H and O–H groups in total. The van der Waals surface area contributed by atoms with E-state index in [1.807, 2.05) is 31.2 Å². The Hall–Kier alpha value is -4.99. The number of nitrogens with zero attached hydrogens (tertiary/aromatic N) is 5. The molecule has 0 aliphatic carbocycles. The number of rotatable bonds is 5. The molecule has 34 heavy (non-hydrogen) atoms. The van der Waals surface area contributed by atoms with Crippen LogP contribution in [0.5, 0.6) is 0 Å². The highest BCUT2D eigenvalue weighted by atomic mass is 16.4. The Bertz CT molecular complexity index is 1500. The highest BCUT2D eigenvalue weighted by molar-refractivity contribution is 6.08. The average Bonchev–Trinajstić information content (AvgIpc) is 3.44. The zero-order chi connectivity index (χ0) is 23.7. The fraction of sp³-hybridized carbons (Fsp3) is 0.0417. The third kappa shape index (κ3) is 4.07. The first-order chi connectivity index (χ1) is 16.5. The van der Waals surface area contributed by atoms with Gasteiger partial charge in [-0.2, -0.15) is 10.2 Å². The van der Waals surface area contributed by atoms with Gasteiger partial charge in [-0.1, -0.05) is 29.8 Å². The third-order valence-corrected chi connectivity index (χ3v) is 5.19. The van der Waals surface area contributed by atoms with Crippen LogP contribution >= 0.6 is 0 Å². The zero-order valence-electron chi connectivity index (χ0n) is 18.0. The lowest BCUT2D eigenvalue weighted by atomic mass is 10.1. The highest BCUT2D eigenvalue weighted by Crippen LogP contribution is 2.27. The predicted molar refractivity (Wildman–Crippen MR) is 126 cm³/mol. The number of carboxylic acid groups (broad SMARTS) is 1. The number of hydrogen-bond acceptors (Lipinski definition) is 5. The van der Waals surface area contributed by atoms with Crippen LogP contribution in [0.2, 0.25) is 0 Å². The summed E-state index contributed by atoms with van der Waals surface area (Å²) in [5, 5.41) is 23.0. The molecule has 0 bridgehead atoms. The van der Waals surface area contributed by atoms with Crippen molar-refractivity contribution in [1.29, 1.82) is 0 Å². The topological polar surface area (TPSA) is 126 Å². The van der Waals surface area contributed by atoms with Crippen molar-refractivity contribution < 1.29 is 14.7 Å². The van der Waals surface area contributed by atoms with Crippen LogP contribution in [0.15, 0.2) is 79.3 Å². The summed E-state index contributed by atoms with van der Waals surface area (Å²) in [5.41, 5.74) is 4.47. The van der Waals surface area contributed by atoms with Gasteiger partial charge in [-0.25, -0.2) is 19.0 Å². The quantitative estimate of drug-likeness (QED) is 0.366. The number of aromatic nitrogens is 5. The lowest BCUT2D eigenvalue weighted by molar-refractivity contribution is 0.102. The van der Waals surface area contributed by atoms with Gasteiger partial charge in [0.15, 0.2) is 5.65 Å². The highest BCUT2D eigenvalue weighted by Gasteiger charge is 2.18. The largest absolute Gasteiger partial charge is 0.465 e. The number of amides is 2. The molecule has 0 spiro atoms. The van der Waals surface area contributed by atoms with Gasteiger partial charge in [0, 0.05) is 29.7 Å². The van der Waals surface area contributed by atoms with Crippen LogP contribution < -0.4 is 10.6 Å². The summed E-state index contributed by atoms with van der Waals surface area (Å²) in [6, 6.07) is 18.1. The third-order valence-electron chi connectivity index (χ3n) is 5.19. The molecule has 3 heterocycles. The van der Waals surface area contributed by atoms with Crippen LogP contribution in [-0.2, 0) is 0 Å². The fourth-order valence-electron chi connectivity index (χ4n) is 3.51. The second-order valence-electron chi connectivity index (χ2n) is 7.57. The van der Waals surface area contributed by atoms with E-state index >= 15 is 0 Å². The normalized spacial score (nSPS) is 10.9. The second-order valence-corrected chi connectivity index (χ2v) is 7.57. The molecule has 2 amide bonds. The summed E-state index contributed by atoms with van der Waals surface area (Å²) < 4.78 is 3.18. The Morgan fingerprint density at radius 2 is 1.76 bits per heavy atom. The SMILES string of the molecule is Cc1ccc(-n2nc(-c3ccc(NC(=O)O)cc3)cc2NC(=O)c2cnn3cccnc23)cc1. The van der Waals surface area contributed by atoms with Crippen molar-refractivity contribution in [2.45, 2.75) is 6.92 Å². The van der Waals surface area contributed by atoms with Gasteiger partial charge in [0.2, 0.25) is 0 Å². The summed E-state index contributed by atoms with van der Waals surface area (Å²) >= 11 is 0. The molecule has 0 radical (unpaired) electrons. The van der Waals surface area contributed by atoms with E-state index in [0.29, 0.717) is 28.4 Å². The molecular weight excluding hydrogens is 434 g/mol. The van der Waals surface area contributed by atoms with Gasteiger partial charge >= 0.3 is 6.09 Å². The van der Waals surface area contributed by atoms with Crippen molar-refractivity contribution in [3.05, 3.63) is 90.4 Å². The number of benzene rings is 2. The molecule has 3 aromatic heterocycles. The Morgan fingerprint density at radius 3 is 2.50 bits per heavy atom. The molecule has 2 aromatic carbocycles. The van der Waals surface area contributed by atoms with E-state index < -0.39 is 6.09 Å². The second kappa shape index (κ2) is 8.51. The molecule has 0 fully saturated rings. The number of aryl methyl sites for hydroxylation is 1. The number of carbonyl (C=O) groups excluding carboxylic acids is 1. The van der Waals surface area contributed by atoms with Crippen LogP contribution in [0, 0.1) is 6.92 Å². The lowest BCUT2D eigenvalue weighted by Gasteiger charge is -2.08. The molecule has 5 rings (SSSR count). The maximum Gasteiger partial charge on any atom is 0.409 e. The van der Waals surface area contributed by atoms with Crippen LogP contribution in [-0.4, -0.2) is 41.5 Å². The Kier molecular flexibility index (Phi) is 5.23. The molecule has 10 nitrogen and oxygen atoms in total. The molecule has 0 aliphatic rings. The number of fused-ring (bicyclic) bond motifs is 1. The number of anilines is 2. The Morgan fingerprint density at radius 1 is 1.00 bits per heavy atom. The number of carbonyl (C=O) groups is 2. The number of nitrogens with one attached hydrogen (secondary N) is 2. The molecule has 5 aromatic rings. The molecule has 168 valence electrons. The first-order valence-corrected chi connectivity index (χ1v) is 10.3. The average molecular weight is 453 g/mol. The van der Waals surface area contributed by atoms with Gasteiger partial charge in [-0.3, -0.25) is 10.1 Å². The fourth-order valence-corrected chi connectivity index (χ4v) is 3.51. The Labute approximate surface area is 193 Å². The van der Waals surface area contributed by atoms with Crippen LogP contribution in [0.1, 0.15) is 15.9 Å². The molecule has 0 saturated heterocycles. The molecule has 0 aliphatic heterocycles. The first-order valence-electron chi connectivity index (χ1n) is 10.3. The number of hydrogen-bond donors (Lipinski definition) is 3. The van der Waals surface area contributed by atoms with E-state index in [1.54, 1.807) is 53.5 Å². The van der Waals surface area contributed by atoms with Gasteiger partial charge < -0.3 is 10.4 Å². The smallest absolute Gasteiger partial charge is 0.409 e. The maximum absolute atomic E-state index is 13.1. The van der Waals surface area contributed by atoms with E-state index in [1.165, 1.54) is 10.7 Å². The van der Waals surface area contributed by atoms with Crippen molar-refractivity contribution in [2.75, 3.05) is 10.6 Å².